The van der Waals surface area contributed by atoms with Gasteiger partial charge >= 0.3 is 0 Å². The molecular formula is C24H22N2O2. The van der Waals surface area contributed by atoms with Crippen molar-refractivity contribution in [2.75, 3.05) is 0 Å². The summed E-state index contributed by atoms with van der Waals surface area (Å²) in [6.45, 7) is 0. The summed E-state index contributed by atoms with van der Waals surface area (Å²) in [7, 11) is 0. The first-order chi connectivity index (χ1) is 13.7. The van der Waals surface area contributed by atoms with Crippen molar-refractivity contribution in [1.82, 2.24) is 0 Å². The average Bonchev–Trinajstić information content (AvgIpc) is 3.42. The van der Waals surface area contributed by atoms with Crippen molar-refractivity contribution in [3.05, 3.63) is 71.8 Å². The zero-order valence-electron chi connectivity index (χ0n) is 15.6. The van der Waals surface area contributed by atoms with Gasteiger partial charge in [-0.15, -0.1) is 0 Å². The molecule has 4 aliphatic rings. The molecular weight excluding hydrogens is 348 g/mol. The predicted octanol–water partition coefficient (Wildman–Crippen LogP) is 4.19. The van der Waals surface area contributed by atoms with Gasteiger partial charge in [-0.2, -0.15) is 10.2 Å². The molecule has 3 saturated carbocycles. The number of hydrogen-bond donors (Lipinski definition) is 0. The van der Waals surface area contributed by atoms with E-state index in [1.165, 1.54) is 0 Å². The number of rotatable bonds is 2. The van der Waals surface area contributed by atoms with Crippen LogP contribution < -0.4 is 0 Å². The van der Waals surface area contributed by atoms with E-state index >= 15 is 0 Å². The van der Waals surface area contributed by atoms with E-state index in [0.29, 0.717) is 12.8 Å². The van der Waals surface area contributed by atoms with Crippen LogP contribution in [0.25, 0.3) is 0 Å². The fourth-order valence-corrected chi connectivity index (χ4v) is 6.83. The summed E-state index contributed by atoms with van der Waals surface area (Å²) in [5.74, 6) is 0.845. The van der Waals surface area contributed by atoms with Crippen LogP contribution in [0.4, 0.5) is 0 Å². The van der Waals surface area contributed by atoms with Crippen LogP contribution >= 0.6 is 0 Å². The molecule has 3 fully saturated rings. The van der Waals surface area contributed by atoms with Crippen molar-refractivity contribution in [2.45, 2.75) is 30.8 Å². The minimum Gasteiger partial charge on any atom is -0.299 e. The van der Waals surface area contributed by atoms with Gasteiger partial charge in [-0.25, -0.2) is 0 Å². The maximum atomic E-state index is 12.9. The number of fused-ring (bicyclic) bond motifs is 8. The summed E-state index contributed by atoms with van der Waals surface area (Å²) in [6, 6.07) is 20.8. The van der Waals surface area contributed by atoms with Crippen LogP contribution in [0.15, 0.2) is 70.9 Å². The van der Waals surface area contributed by atoms with Crippen LogP contribution in [0.3, 0.4) is 0 Å². The van der Waals surface area contributed by atoms with E-state index in [-0.39, 0.29) is 47.2 Å². The van der Waals surface area contributed by atoms with Crippen LogP contribution in [0, 0.1) is 29.6 Å². The Labute approximate surface area is 164 Å². The summed E-state index contributed by atoms with van der Waals surface area (Å²) in [5, 5.41) is 9.74. The van der Waals surface area contributed by atoms with Crippen molar-refractivity contribution < 1.29 is 9.59 Å². The van der Waals surface area contributed by atoms with Crippen molar-refractivity contribution in [2.24, 2.45) is 39.8 Å². The lowest BCUT2D eigenvalue weighted by atomic mass is 9.58. The van der Waals surface area contributed by atoms with Gasteiger partial charge in [0.2, 0.25) is 0 Å². The molecule has 0 amide bonds. The molecule has 4 nitrogen and oxygen atoms in total. The highest BCUT2D eigenvalue weighted by atomic mass is 16.1. The first-order valence-corrected chi connectivity index (χ1v) is 10.3. The van der Waals surface area contributed by atoms with Crippen molar-refractivity contribution in [1.29, 1.82) is 0 Å². The number of hydrogen-bond acceptors (Lipinski definition) is 4. The Bertz CT molecular complexity index is 945. The molecule has 0 radical (unpaired) electrons. The Morgan fingerprint density at radius 2 is 1.29 bits per heavy atom. The lowest BCUT2D eigenvalue weighted by Crippen LogP contribution is -2.50. The van der Waals surface area contributed by atoms with Crippen LogP contribution in [-0.2, 0) is 15.1 Å². The molecule has 1 aliphatic heterocycles. The third kappa shape index (κ3) is 1.91. The Morgan fingerprint density at radius 3 is 1.86 bits per heavy atom. The van der Waals surface area contributed by atoms with E-state index in [2.05, 4.69) is 24.3 Å². The third-order valence-corrected chi connectivity index (χ3v) is 7.74. The highest BCUT2D eigenvalue weighted by Crippen LogP contribution is 2.67. The Balaban J connectivity index is 1.53. The number of benzene rings is 2. The van der Waals surface area contributed by atoms with Crippen LogP contribution in [0.2, 0.25) is 0 Å². The van der Waals surface area contributed by atoms with Crippen LogP contribution in [0.1, 0.15) is 30.4 Å². The van der Waals surface area contributed by atoms with Gasteiger partial charge in [0.05, 0.1) is 6.04 Å². The molecule has 0 spiro atoms. The standard InChI is InChI=1S/C24H22N2O2/c27-18-11-12-19(28)21-17-13-16(20(18)21)22-23(17)25-26-24(22,14-7-3-1-4-8-14)15-9-5-2-6-10-15/h1-10,16-17,20-23H,11-13H2. The van der Waals surface area contributed by atoms with Gasteiger partial charge in [-0.05, 0) is 29.4 Å². The molecule has 2 aromatic rings. The van der Waals surface area contributed by atoms with Gasteiger partial charge in [-0.3, -0.25) is 9.59 Å². The quantitative estimate of drug-likeness (QED) is 0.796. The average molecular weight is 370 g/mol. The molecule has 0 aromatic heterocycles. The summed E-state index contributed by atoms with van der Waals surface area (Å²) in [5.41, 5.74) is 1.71. The van der Waals surface area contributed by atoms with E-state index in [1.807, 2.05) is 36.4 Å². The molecule has 3 aliphatic carbocycles. The van der Waals surface area contributed by atoms with E-state index in [9.17, 15) is 9.59 Å². The zero-order chi connectivity index (χ0) is 18.9. The van der Waals surface area contributed by atoms with Crippen molar-refractivity contribution in [3.8, 4) is 0 Å². The molecule has 6 unspecified atom stereocenters. The lowest BCUT2D eigenvalue weighted by Gasteiger charge is -2.43. The zero-order valence-corrected chi connectivity index (χ0v) is 15.6. The molecule has 2 bridgehead atoms. The smallest absolute Gasteiger partial charge is 0.137 e. The van der Waals surface area contributed by atoms with Gasteiger partial charge in [-0.1, -0.05) is 60.7 Å². The molecule has 0 saturated heterocycles. The van der Waals surface area contributed by atoms with Gasteiger partial charge < -0.3 is 0 Å². The number of azo groups is 1. The molecule has 1 heterocycles. The maximum Gasteiger partial charge on any atom is 0.137 e. The molecule has 0 N–H and O–H groups in total. The number of nitrogens with zero attached hydrogens (tertiary/aromatic N) is 2. The molecule has 4 heteroatoms. The van der Waals surface area contributed by atoms with Crippen LogP contribution in [-0.4, -0.2) is 17.6 Å². The highest BCUT2D eigenvalue weighted by Gasteiger charge is 2.70. The Hall–Kier alpha value is -2.62. The molecule has 6 rings (SSSR count). The number of carbonyl (C=O) groups excluding carboxylic acids is 2. The number of Topliss-reactive ketones (excluding diaryl/α,β-unsaturated/α-hetero) is 2. The molecule has 28 heavy (non-hydrogen) atoms. The van der Waals surface area contributed by atoms with E-state index < -0.39 is 5.54 Å². The first-order valence-electron chi connectivity index (χ1n) is 10.3. The predicted molar refractivity (Wildman–Crippen MR) is 104 cm³/mol. The second-order valence-electron chi connectivity index (χ2n) is 8.78. The normalized spacial score (nSPS) is 37.1. The summed E-state index contributed by atoms with van der Waals surface area (Å²) in [4.78, 5) is 25.5. The number of ketones is 2. The topological polar surface area (TPSA) is 58.9 Å². The summed E-state index contributed by atoms with van der Waals surface area (Å²) >= 11 is 0. The van der Waals surface area contributed by atoms with Gasteiger partial charge in [0.15, 0.2) is 0 Å². The molecule has 2 aromatic carbocycles. The van der Waals surface area contributed by atoms with Gasteiger partial charge in [0.25, 0.3) is 0 Å². The number of carbonyl (C=O) groups is 2. The summed E-state index contributed by atoms with van der Waals surface area (Å²) in [6.07, 6.45) is 1.77. The minimum atomic E-state index is -0.557. The first kappa shape index (κ1) is 16.3. The van der Waals surface area contributed by atoms with E-state index in [0.717, 1.165) is 17.5 Å². The summed E-state index contributed by atoms with van der Waals surface area (Å²) < 4.78 is 0. The fraction of sp³-hybridized carbons (Fsp3) is 0.417. The van der Waals surface area contributed by atoms with Crippen molar-refractivity contribution >= 4 is 11.6 Å². The van der Waals surface area contributed by atoms with Crippen LogP contribution in [0.5, 0.6) is 0 Å². The lowest BCUT2D eigenvalue weighted by molar-refractivity contribution is -0.141. The SMILES string of the molecule is O=C1CCC(=O)C2C3CC(C4N=NC(c5ccccc5)(c5ccccc5)C34)C12. The molecule has 6 atom stereocenters. The Kier molecular flexibility index (Phi) is 3.32. The van der Waals surface area contributed by atoms with E-state index in [4.69, 9.17) is 10.2 Å². The Morgan fingerprint density at radius 1 is 0.750 bits per heavy atom. The van der Waals surface area contributed by atoms with Crippen molar-refractivity contribution in [3.63, 3.8) is 0 Å². The second kappa shape index (κ2) is 5.69. The monoisotopic (exact) mass is 370 g/mol. The largest absolute Gasteiger partial charge is 0.299 e. The second-order valence-corrected chi connectivity index (χ2v) is 8.78. The van der Waals surface area contributed by atoms with Gasteiger partial charge in [0.1, 0.15) is 17.1 Å². The van der Waals surface area contributed by atoms with Gasteiger partial charge in [0, 0.05) is 30.6 Å². The minimum absolute atomic E-state index is 0.0431. The third-order valence-electron chi connectivity index (χ3n) is 7.74. The molecule has 140 valence electrons. The maximum absolute atomic E-state index is 12.9. The van der Waals surface area contributed by atoms with E-state index in [1.54, 1.807) is 0 Å². The highest BCUT2D eigenvalue weighted by molar-refractivity contribution is 5.97. The fourth-order valence-electron chi connectivity index (χ4n) is 6.83.